The van der Waals surface area contributed by atoms with Crippen LogP contribution >= 0.6 is 0 Å². The molecule has 0 amide bonds. The molecule has 1 aliphatic carbocycles. The van der Waals surface area contributed by atoms with E-state index >= 15 is 0 Å². The Morgan fingerprint density at radius 2 is 1.57 bits per heavy atom. The molecule has 3 nitrogen and oxygen atoms in total. The predicted molar refractivity (Wildman–Crippen MR) is 88.1 cm³/mol. The lowest BCUT2D eigenvalue weighted by Crippen LogP contribution is -2.27. The quantitative estimate of drug-likeness (QED) is 0.639. The van der Waals surface area contributed by atoms with Crippen LogP contribution in [-0.4, -0.2) is 18.4 Å². The average Bonchev–Trinajstić information content (AvgIpc) is 2.94. The zero-order chi connectivity index (χ0) is 16.2. The maximum Gasteiger partial charge on any atom is 0.317 e. The SMILES string of the molecule is CCOC(=O)[C@H]1C(=O)C[C@@H](c2ccccc2)[C@@H]1c1ccccc1. The van der Waals surface area contributed by atoms with Crippen molar-refractivity contribution in [3.05, 3.63) is 71.8 Å². The second kappa shape index (κ2) is 6.78. The fourth-order valence-electron chi connectivity index (χ4n) is 3.54. The van der Waals surface area contributed by atoms with Crippen molar-refractivity contribution in [3.8, 4) is 0 Å². The van der Waals surface area contributed by atoms with Crippen LogP contribution in [-0.2, 0) is 14.3 Å². The minimum Gasteiger partial charge on any atom is -0.465 e. The molecule has 0 saturated heterocycles. The Morgan fingerprint density at radius 1 is 1.00 bits per heavy atom. The van der Waals surface area contributed by atoms with E-state index in [2.05, 4.69) is 0 Å². The Labute approximate surface area is 136 Å². The standard InChI is InChI=1S/C20H20O3/c1-2-23-20(22)19-17(21)13-16(14-9-5-3-6-10-14)18(19)15-11-7-4-8-12-15/h3-12,16,18-19H,2,13H2,1H3/t16-,18-,19-/m0/s1. The predicted octanol–water partition coefficient (Wildman–Crippen LogP) is 3.71. The third kappa shape index (κ3) is 3.04. The van der Waals surface area contributed by atoms with Crippen molar-refractivity contribution < 1.29 is 14.3 Å². The van der Waals surface area contributed by atoms with Crippen molar-refractivity contribution in [3.63, 3.8) is 0 Å². The molecule has 118 valence electrons. The number of carbonyl (C=O) groups is 2. The topological polar surface area (TPSA) is 43.4 Å². The summed E-state index contributed by atoms with van der Waals surface area (Å²) in [7, 11) is 0. The Balaban J connectivity index is 2.03. The highest BCUT2D eigenvalue weighted by Crippen LogP contribution is 2.48. The average molecular weight is 308 g/mol. The van der Waals surface area contributed by atoms with E-state index in [-0.39, 0.29) is 17.6 Å². The van der Waals surface area contributed by atoms with Gasteiger partial charge in [-0.3, -0.25) is 9.59 Å². The lowest BCUT2D eigenvalue weighted by molar-refractivity contribution is -0.151. The normalized spacial score (nSPS) is 23.7. The van der Waals surface area contributed by atoms with Crippen LogP contribution in [0.2, 0.25) is 0 Å². The van der Waals surface area contributed by atoms with Crippen molar-refractivity contribution in [1.82, 2.24) is 0 Å². The second-order valence-electron chi connectivity index (χ2n) is 5.85. The number of benzene rings is 2. The van der Waals surface area contributed by atoms with Gasteiger partial charge in [0.25, 0.3) is 0 Å². The molecule has 2 aromatic carbocycles. The molecule has 0 aliphatic heterocycles. The van der Waals surface area contributed by atoms with E-state index in [0.717, 1.165) is 11.1 Å². The van der Waals surface area contributed by atoms with E-state index in [0.29, 0.717) is 13.0 Å². The molecular weight excluding hydrogens is 288 g/mol. The van der Waals surface area contributed by atoms with Crippen molar-refractivity contribution >= 4 is 11.8 Å². The summed E-state index contributed by atoms with van der Waals surface area (Å²) in [5, 5.41) is 0. The van der Waals surface area contributed by atoms with Gasteiger partial charge in [-0.25, -0.2) is 0 Å². The number of carbonyl (C=O) groups excluding carboxylic acids is 2. The van der Waals surface area contributed by atoms with Gasteiger partial charge < -0.3 is 4.74 Å². The Bertz CT molecular complexity index is 679. The molecule has 3 rings (SSSR count). The minimum absolute atomic E-state index is 0.0144. The first-order valence-corrected chi connectivity index (χ1v) is 8.01. The molecule has 0 N–H and O–H groups in total. The van der Waals surface area contributed by atoms with E-state index in [9.17, 15) is 9.59 Å². The Morgan fingerprint density at radius 3 is 2.13 bits per heavy atom. The second-order valence-corrected chi connectivity index (χ2v) is 5.85. The molecule has 0 spiro atoms. The number of hydrogen-bond donors (Lipinski definition) is 0. The molecule has 0 aromatic heterocycles. The molecule has 1 saturated carbocycles. The molecule has 2 aromatic rings. The van der Waals surface area contributed by atoms with Gasteiger partial charge in [0.15, 0.2) is 0 Å². The van der Waals surface area contributed by atoms with Gasteiger partial charge in [0.2, 0.25) is 0 Å². The number of hydrogen-bond acceptors (Lipinski definition) is 3. The molecular formula is C20H20O3. The number of ketones is 1. The van der Waals surface area contributed by atoms with Crippen LogP contribution in [0.1, 0.15) is 36.3 Å². The van der Waals surface area contributed by atoms with Crippen LogP contribution in [0, 0.1) is 5.92 Å². The van der Waals surface area contributed by atoms with Gasteiger partial charge in [0.1, 0.15) is 11.7 Å². The first kappa shape index (κ1) is 15.5. The summed E-state index contributed by atoms with van der Waals surface area (Å²) in [5.41, 5.74) is 2.12. The molecule has 0 bridgehead atoms. The fourth-order valence-corrected chi connectivity index (χ4v) is 3.54. The maximum absolute atomic E-state index is 12.6. The van der Waals surface area contributed by atoms with Crippen LogP contribution < -0.4 is 0 Å². The van der Waals surface area contributed by atoms with Gasteiger partial charge in [0, 0.05) is 12.3 Å². The van der Waals surface area contributed by atoms with Crippen LogP contribution in [0.15, 0.2) is 60.7 Å². The molecule has 3 heteroatoms. The maximum atomic E-state index is 12.6. The monoisotopic (exact) mass is 308 g/mol. The fraction of sp³-hybridized carbons (Fsp3) is 0.300. The van der Waals surface area contributed by atoms with E-state index < -0.39 is 11.9 Å². The van der Waals surface area contributed by atoms with Crippen LogP contribution in [0.3, 0.4) is 0 Å². The molecule has 1 aliphatic rings. The third-order valence-electron chi connectivity index (χ3n) is 4.51. The first-order chi connectivity index (χ1) is 11.2. The number of ether oxygens (including phenoxy) is 1. The summed E-state index contributed by atoms with van der Waals surface area (Å²) in [4.78, 5) is 24.9. The van der Waals surface area contributed by atoms with E-state index in [1.807, 2.05) is 60.7 Å². The molecule has 0 unspecified atom stereocenters. The highest BCUT2D eigenvalue weighted by molar-refractivity contribution is 6.02. The number of esters is 1. The Kier molecular flexibility index (Phi) is 4.56. The number of rotatable bonds is 4. The largest absolute Gasteiger partial charge is 0.465 e. The summed E-state index contributed by atoms with van der Waals surface area (Å²) in [6.07, 6.45) is 0.382. The van der Waals surface area contributed by atoms with Gasteiger partial charge in [-0.05, 0) is 24.0 Å². The summed E-state index contributed by atoms with van der Waals surface area (Å²) < 4.78 is 5.17. The lowest BCUT2D eigenvalue weighted by Gasteiger charge is -2.23. The van der Waals surface area contributed by atoms with Crippen molar-refractivity contribution in [2.24, 2.45) is 5.92 Å². The van der Waals surface area contributed by atoms with E-state index in [4.69, 9.17) is 4.74 Å². The van der Waals surface area contributed by atoms with Gasteiger partial charge >= 0.3 is 5.97 Å². The molecule has 3 atom stereocenters. The number of Topliss-reactive ketones (excluding diaryl/α,β-unsaturated/α-hetero) is 1. The van der Waals surface area contributed by atoms with E-state index in [1.165, 1.54) is 0 Å². The lowest BCUT2D eigenvalue weighted by atomic mass is 9.80. The summed E-state index contributed by atoms with van der Waals surface area (Å²) in [6, 6.07) is 19.8. The van der Waals surface area contributed by atoms with Crippen molar-refractivity contribution in [1.29, 1.82) is 0 Å². The summed E-state index contributed by atoms with van der Waals surface area (Å²) in [5.74, 6) is -1.27. The highest BCUT2D eigenvalue weighted by Gasteiger charge is 2.48. The van der Waals surface area contributed by atoms with Gasteiger partial charge in [-0.1, -0.05) is 60.7 Å². The van der Waals surface area contributed by atoms with Gasteiger partial charge in [-0.15, -0.1) is 0 Å². The van der Waals surface area contributed by atoms with Crippen molar-refractivity contribution in [2.75, 3.05) is 6.61 Å². The zero-order valence-electron chi connectivity index (χ0n) is 13.1. The summed E-state index contributed by atoms with van der Waals surface area (Å²) in [6.45, 7) is 2.06. The zero-order valence-corrected chi connectivity index (χ0v) is 13.1. The smallest absolute Gasteiger partial charge is 0.317 e. The van der Waals surface area contributed by atoms with Crippen LogP contribution in [0.4, 0.5) is 0 Å². The van der Waals surface area contributed by atoms with Gasteiger partial charge in [-0.2, -0.15) is 0 Å². The molecule has 1 fully saturated rings. The summed E-state index contributed by atoms with van der Waals surface area (Å²) >= 11 is 0. The van der Waals surface area contributed by atoms with Crippen LogP contribution in [0.5, 0.6) is 0 Å². The minimum atomic E-state index is -0.706. The van der Waals surface area contributed by atoms with E-state index in [1.54, 1.807) is 6.92 Å². The van der Waals surface area contributed by atoms with Crippen LogP contribution in [0.25, 0.3) is 0 Å². The first-order valence-electron chi connectivity index (χ1n) is 8.01. The molecule has 0 heterocycles. The highest BCUT2D eigenvalue weighted by atomic mass is 16.5. The molecule has 23 heavy (non-hydrogen) atoms. The third-order valence-corrected chi connectivity index (χ3v) is 4.51. The molecule has 0 radical (unpaired) electrons. The Hall–Kier alpha value is -2.42. The van der Waals surface area contributed by atoms with Gasteiger partial charge in [0.05, 0.1) is 6.61 Å². The van der Waals surface area contributed by atoms with Crippen molar-refractivity contribution in [2.45, 2.75) is 25.2 Å².